The lowest BCUT2D eigenvalue weighted by molar-refractivity contribution is -0.166. The molecule has 0 fully saturated rings. The number of hydrogen-bond donors (Lipinski definition) is 0. The zero-order valence-corrected chi connectivity index (χ0v) is 47.0. The lowest BCUT2D eigenvalue weighted by Crippen LogP contribution is -2.32. The summed E-state index contributed by atoms with van der Waals surface area (Å²) in [5.74, 6) is -3.01. The van der Waals surface area contributed by atoms with Crippen LogP contribution in [0.5, 0.6) is 23.0 Å². The minimum Gasteiger partial charge on any atom is -0.490 e. The van der Waals surface area contributed by atoms with Crippen molar-refractivity contribution >= 4 is 79.7 Å². The molecule has 0 spiro atoms. The van der Waals surface area contributed by atoms with Gasteiger partial charge < -0.3 is 28.4 Å². The molecule has 2 atom stereocenters. The number of benzene rings is 4. The average molecular weight is 1330 g/mol. The van der Waals surface area contributed by atoms with E-state index < -0.39 is 153 Å². The fourth-order valence-electron chi connectivity index (χ4n) is 5.99. The summed E-state index contributed by atoms with van der Waals surface area (Å²) in [5.41, 5.74) is -8.99. The molecule has 0 saturated heterocycles. The molecule has 0 aliphatic rings. The van der Waals surface area contributed by atoms with Crippen molar-refractivity contribution in [3.05, 3.63) is 119 Å². The average Bonchev–Trinajstić information content (AvgIpc) is 1.82. The molecule has 0 bridgehead atoms. The molecule has 4 aromatic carbocycles. The summed E-state index contributed by atoms with van der Waals surface area (Å²) >= 11 is -0.0803. The van der Waals surface area contributed by atoms with Crippen LogP contribution in [0.2, 0.25) is 0 Å². The summed E-state index contributed by atoms with van der Waals surface area (Å²) < 4.78 is 269. The van der Waals surface area contributed by atoms with E-state index in [2.05, 4.69) is 56.2 Å². The molecule has 0 aromatic heterocycles. The second kappa shape index (κ2) is 32.3. The van der Waals surface area contributed by atoms with Crippen molar-refractivity contribution < 1.29 is 143 Å². The van der Waals surface area contributed by atoms with Crippen molar-refractivity contribution in [3.8, 4) is 23.0 Å². The fourth-order valence-corrected chi connectivity index (χ4v) is 6.78. The largest absolute Gasteiger partial charge is 0.490 e. The zero-order chi connectivity index (χ0) is 63.9. The Hall–Kier alpha value is -7.50. The van der Waals surface area contributed by atoms with Crippen molar-refractivity contribution in [1.82, 2.24) is 0 Å². The van der Waals surface area contributed by atoms with Gasteiger partial charge in [-0.05, 0) is 97.1 Å². The minimum atomic E-state index is -5.22. The van der Waals surface area contributed by atoms with Crippen LogP contribution in [0.25, 0.3) is 0 Å². The van der Waals surface area contributed by atoms with Crippen LogP contribution in [0.3, 0.4) is 0 Å². The van der Waals surface area contributed by atoms with Crippen LogP contribution in [-0.4, -0.2) is 142 Å². The molecule has 24 nitrogen and oxygen atoms in total. The quantitative estimate of drug-likeness (QED) is 0.00816. The Morgan fingerprint density at radius 2 is 0.651 bits per heavy atom. The van der Waals surface area contributed by atoms with Crippen LogP contribution in [-0.2, 0) is 74.9 Å². The summed E-state index contributed by atoms with van der Waals surface area (Å²) in [6, 6.07) is 15.0. The lowest BCUT2D eigenvalue weighted by Gasteiger charge is -2.21. The highest BCUT2D eigenvalue weighted by Crippen LogP contribution is 2.30. The summed E-state index contributed by atoms with van der Waals surface area (Å²) in [6.07, 6.45) is -24.2. The third-order valence-corrected chi connectivity index (χ3v) is 10.8. The van der Waals surface area contributed by atoms with Crippen molar-refractivity contribution in [2.24, 2.45) is 20.6 Å². The number of carbonyl (C=O) groups is 2. The maximum Gasteiger partial charge on any atom is 0.437 e. The van der Waals surface area contributed by atoms with Gasteiger partial charge >= 0.3 is 56.9 Å². The number of esters is 2. The summed E-state index contributed by atoms with van der Waals surface area (Å²) in [6.45, 7) is -2.67. The highest BCUT2D eigenvalue weighted by Gasteiger charge is 2.41. The minimum absolute atomic E-state index is 0.0402. The Morgan fingerprint density at radius 1 is 0.419 bits per heavy atom. The lowest BCUT2D eigenvalue weighted by atomic mass is 10.1. The van der Waals surface area contributed by atoms with Crippen LogP contribution < -0.4 is 18.9 Å². The molecule has 86 heavy (non-hydrogen) atoms. The van der Waals surface area contributed by atoms with Crippen LogP contribution in [0.1, 0.15) is 35.1 Å². The predicted octanol–water partition coefficient (Wildman–Crippen LogP) is 9.24. The number of hydrogen-bond acceptors (Lipinski definition) is 26. The molecule has 0 aliphatic carbocycles. The monoisotopic (exact) mass is 1330 g/mol. The predicted molar refractivity (Wildman–Crippen MR) is 273 cm³/mol. The van der Waals surface area contributed by atoms with Gasteiger partial charge in [0.2, 0.25) is 0 Å². The van der Waals surface area contributed by atoms with Crippen molar-refractivity contribution in [3.63, 3.8) is 0 Å². The van der Waals surface area contributed by atoms with Gasteiger partial charge in [-0.1, -0.05) is 20.6 Å². The van der Waals surface area contributed by atoms with E-state index in [0.29, 0.717) is 12.5 Å². The SMILES string of the molecule is COOSON=C(c1ccc(OCC(COc2ccc(C(=NOS(C)(=O)=O)C(F)(F)F)cc2)OC(=O)CCC(=O)OC(COc2ccc(C(=NOSOOC)C(F)(F)F)cc2)COc2ccc(C(=NOS(C)(=O)=O)C(F)(F)F)cc2)cc1)C(F)(F)F. The Bertz CT molecular complexity index is 2980. The second-order valence-corrected chi connectivity index (χ2v) is 20.1. The number of rotatable bonds is 33. The number of alkyl halides is 12. The Labute approximate surface area is 487 Å². The van der Waals surface area contributed by atoms with Gasteiger partial charge in [0.1, 0.15) is 49.4 Å². The van der Waals surface area contributed by atoms with E-state index >= 15 is 0 Å². The molecular formula is C46H42F12N4O20S4. The first-order valence-electron chi connectivity index (χ1n) is 22.9. The van der Waals surface area contributed by atoms with E-state index in [1.807, 2.05) is 0 Å². The van der Waals surface area contributed by atoms with Crippen molar-refractivity contribution in [1.29, 1.82) is 0 Å². The molecule has 0 N–H and O–H groups in total. The van der Waals surface area contributed by atoms with Gasteiger partial charge in [-0.3, -0.25) is 26.7 Å². The van der Waals surface area contributed by atoms with Gasteiger partial charge in [-0.25, -0.2) is 9.78 Å². The van der Waals surface area contributed by atoms with Gasteiger partial charge in [-0.15, -0.1) is 8.67 Å². The van der Waals surface area contributed by atoms with E-state index in [1.54, 1.807) is 0 Å². The highest BCUT2D eigenvalue weighted by atomic mass is 32.2. The highest BCUT2D eigenvalue weighted by molar-refractivity contribution is 7.89. The molecule has 0 aliphatic heterocycles. The molecule has 4 rings (SSSR count). The first-order valence-corrected chi connectivity index (χ1v) is 27.9. The van der Waals surface area contributed by atoms with E-state index in [4.69, 9.17) is 28.4 Å². The summed E-state index contributed by atoms with van der Waals surface area (Å²) in [5, 5.41) is 11.3. The van der Waals surface area contributed by atoms with Crippen LogP contribution in [0.15, 0.2) is 118 Å². The van der Waals surface area contributed by atoms with E-state index in [-0.39, 0.29) is 47.6 Å². The van der Waals surface area contributed by atoms with E-state index in [0.717, 1.165) is 111 Å². The number of nitrogens with zero attached hydrogens (tertiary/aromatic N) is 4. The first-order chi connectivity index (χ1) is 40.1. The topological polar surface area (TPSA) is 281 Å². The number of halogens is 12. The van der Waals surface area contributed by atoms with Gasteiger partial charge in [0.15, 0.2) is 35.1 Å². The van der Waals surface area contributed by atoms with Crippen molar-refractivity contribution in [2.45, 2.75) is 49.8 Å². The van der Waals surface area contributed by atoms with E-state index in [9.17, 15) is 79.1 Å². The van der Waals surface area contributed by atoms with Gasteiger partial charge in [-0.2, -0.15) is 69.5 Å². The molecule has 4 aromatic rings. The normalized spacial score (nSPS) is 13.9. The zero-order valence-electron chi connectivity index (χ0n) is 43.8. The summed E-state index contributed by atoms with van der Waals surface area (Å²) in [4.78, 5) is 35.0. The standard InChI is InChI=1S/C46H42F12N4O20S4/c1-69-81-83-77-59-39(43(47,48)49)27-5-13-31(14-6-27)71-23-35(25-73-33-17-9-29(10-18-33)41(45(53,54)55)61-79-85(3,65)66)75-37(63)21-22-38(64)76-36(24-72-32-15-7-28(8-16-32)40(44(50,51)52)60-78-84-82-70-2)26-74-34-19-11-30(12-20-34)42(46(56,57)58)62-80-86(4,67)68/h5-20,35-36H,21-26H2,1-4H3. The maximum atomic E-state index is 13.8. The molecular weight excluding hydrogens is 1280 g/mol. The van der Waals surface area contributed by atoms with Gasteiger partial charge in [0, 0.05) is 22.3 Å². The van der Waals surface area contributed by atoms with Crippen LogP contribution in [0, 0.1) is 0 Å². The third-order valence-electron chi connectivity index (χ3n) is 9.50. The Morgan fingerprint density at radius 3 is 0.860 bits per heavy atom. The molecule has 0 heterocycles. The van der Waals surface area contributed by atoms with Crippen LogP contribution >= 0.6 is 24.6 Å². The molecule has 474 valence electrons. The Kier molecular flexibility index (Phi) is 26.7. The van der Waals surface area contributed by atoms with E-state index in [1.165, 1.54) is 0 Å². The number of carbonyl (C=O) groups excluding carboxylic acids is 2. The third kappa shape index (κ3) is 26.0. The number of ether oxygens (including phenoxy) is 6. The molecule has 0 amide bonds. The molecule has 2 unspecified atom stereocenters. The second-order valence-electron chi connectivity index (χ2n) is 16.1. The first kappa shape index (κ1) is 71.0. The summed E-state index contributed by atoms with van der Waals surface area (Å²) in [7, 11) is -6.86. The van der Waals surface area contributed by atoms with Gasteiger partial charge in [0.05, 0.1) is 39.6 Å². The maximum absolute atomic E-state index is 13.8. The number of oxime groups is 4. The van der Waals surface area contributed by atoms with Crippen molar-refractivity contribution in [2.75, 3.05) is 53.2 Å². The smallest absolute Gasteiger partial charge is 0.437 e. The molecule has 40 heteroatoms. The molecule has 0 radical (unpaired) electrons. The van der Waals surface area contributed by atoms with Gasteiger partial charge in [0.25, 0.3) is 24.6 Å². The Balaban J connectivity index is 1.55. The van der Waals surface area contributed by atoms with Crippen LogP contribution in [0.4, 0.5) is 52.7 Å². The fraction of sp³-hybridized carbons (Fsp3) is 0.348. The molecule has 0 saturated carbocycles.